The third-order valence-corrected chi connectivity index (χ3v) is 11.6. The Bertz CT molecular complexity index is 1820. The molecule has 10 heteroatoms. The van der Waals surface area contributed by atoms with Crippen LogP contribution < -0.4 is 4.90 Å². The summed E-state index contributed by atoms with van der Waals surface area (Å²) in [7, 11) is 0. The molecular weight excluding hydrogens is 557 g/mol. The number of rotatable bonds is 8. The molecule has 3 aromatic heterocycles. The zero-order chi connectivity index (χ0) is 29.7. The van der Waals surface area contributed by atoms with E-state index < -0.39 is 5.67 Å². The summed E-state index contributed by atoms with van der Waals surface area (Å²) in [6.07, 6.45) is 11.7. The van der Waals surface area contributed by atoms with E-state index in [1.165, 1.54) is 6.20 Å². The number of carbonyl (C=O) groups is 1. The number of anilines is 1. The first-order valence-corrected chi connectivity index (χ1v) is 16.0. The second-order valence-electron chi connectivity index (χ2n) is 14.6. The van der Waals surface area contributed by atoms with Crippen LogP contribution >= 0.6 is 0 Å². The van der Waals surface area contributed by atoms with Crippen molar-refractivity contribution in [1.29, 1.82) is 5.26 Å². The molecule has 11 rings (SSSR count). The second kappa shape index (κ2) is 8.96. The minimum Gasteiger partial charge on any atom is -0.339 e. The summed E-state index contributed by atoms with van der Waals surface area (Å²) >= 11 is 0. The van der Waals surface area contributed by atoms with E-state index >= 15 is 0 Å². The fraction of sp³-hybridized carbons (Fsp3) is 0.529. The van der Waals surface area contributed by atoms with Crippen LogP contribution in [0.5, 0.6) is 0 Å². The van der Waals surface area contributed by atoms with Gasteiger partial charge in [-0.15, -0.1) is 0 Å². The second-order valence-corrected chi connectivity index (χ2v) is 14.6. The highest BCUT2D eigenvalue weighted by atomic mass is 19.1. The maximum atomic E-state index is 14.4. The summed E-state index contributed by atoms with van der Waals surface area (Å²) in [5.74, 6) is 2.25. The highest BCUT2D eigenvalue weighted by Crippen LogP contribution is 2.71. The van der Waals surface area contributed by atoms with Crippen molar-refractivity contribution in [3.63, 3.8) is 0 Å². The maximum absolute atomic E-state index is 14.4. The topological polar surface area (TPSA) is 113 Å². The molecule has 224 valence electrons. The number of alkyl halides is 1. The Morgan fingerprint density at radius 2 is 1.84 bits per heavy atom. The number of imidazole rings is 1. The summed E-state index contributed by atoms with van der Waals surface area (Å²) in [6.45, 7) is 0.645. The van der Waals surface area contributed by atoms with Gasteiger partial charge in [0.1, 0.15) is 11.7 Å². The molecule has 0 N–H and O–H groups in total. The lowest BCUT2D eigenvalue weighted by molar-refractivity contribution is -0.215. The van der Waals surface area contributed by atoms with Crippen LogP contribution in [0.4, 0.5) is 10.1 Å². The molecular formula is C34H34FN7O2. The largest absolute Gasteiger partial charge is 0.339 e. The minimum atomic E-state index is -1.03. The lowest BCUT2D eigenvalue weighted by Gasteiger charge is -2.66. The Hall–Kier alpha value is -4.13. The van der Waals surface area contributed by atoms with Gasteiger partial charge in [-0.3, -0.25) is 4.79 Å². The van der Waals surface area contributed by atoms with Gasteiger partial charge in [0.25, 0.3) is 0 Å². The first-order chi connectivity index (χ1) is 21.3. The number of fused-ring (bicyclic) bond motifs is 4. The number of benzene rings is 1. The van der Waals surface area contributed by atoms with E-state index in [0.717, 1.165) is 74.3 Å². The Kier molecular flexibility index (Phi) is 5.35. The van der Waals surface area contributed by atoms with Crippen LogP contribution in [0.15, 0.2) is 47.1 Å². The molecule has 0 radical (unpaired) electrons. The van der Waals surface area contributed by atoms with Crippen molar-refractivity contribution >= 4 is 17.2 Å². The first-order valence-electron chi connectivity index (χ1n) is 16.0. The number of amides is 1. The minimum absolute atomic E-state index is 0.0170. The summed E-state index contributed by atoms with van der Waals surface area (Å²) in [6, 6.07) is 13.8. The number of aromatic nitrogens is 5. The Morgan fingerprint density at radius 1 is 1.07 bits per heavy atom. The van der Waals surface area contributed by atoms with E-state index in [2.05, 4.69) is 21.3 Å². The van der Waals surface area contributed by atoms with Crippen LogP contribution in [-0.2, 0) is 10.2 Å². The number of hydrogen-bond acceptors (Lipinski definition) is 7. The van der Waals surface area contributed by atoms with Gasteiger partial charge in [0.15, 0.2) is 17.2 Å². The molecule has 7 aliphatic carbocycles. The molecule has 4 bridgehead atoms. The average Bonchev–Trinajstić information content (AvgIpc) is 3.59. The lowest BCUT2D eigenvalue weighted by atomic mass is 9.41. The highest BCUT2D eigenvalue weighted by Gasteiger charge is 2.69. The molecule has 0 saturated heterocycles. The van der Waals surface area contributed by atoms with Crippen LogP contribution in [0.2, 0.25) is 0 Å². The molecule has 9 nitrogen and oxygen atoms in total. The number of nitriles is 1. The molecule has 7 saturated carbocycles. The zero-order valence-electron chi connectivity index (χ0n) is 24.6. The zero-order valence-corrected chi connectivity index (χ0v) is 24.6. The molecule has 0 unspecified atom stereocenters. The molecule has 3 heterocycles. The van der Waals surface area contributed by atoms with Crippen LogP contribution in [0.3, 0.4) is 0 Å². The van der Waals surface area contributed by atoms with Gasteiger partial charge in [0, 0.05) is 35.5 Å². The molecule has 4 aromatic rings. The molecule has 44 heavy (non-hydrogen) atoms. The standard InChI is InChI=1S/C34H34FN7O2/c35-34-18-32(19-34,20-34)15-28(43)41(24-3-1-2-23(14-24)26-6-7-27-37-17-25(16-36)42(27)39-26)21-31-8-11-33(12-9-31,13-10-31)30-38-29(40-44-30)22-4-5-22/h1-3,6-7,14,17,22H,4-5,8-13,15,18-21H2. The van der Waals surface area contributed by atoms with Gasteiger partial charge in [0.05, 0.1) is 11.9 Å². The highest BCUT2D eigenvalue weighted by molar-refractivity contribution is 5.95. The van der Waals surface area contributed by atoms with Crippen LogP contribution in [0.25, 0.3) is 16.9 Å². The first kappa shape index (κ1) is 26.3. The van der Waals surface area contributed by atoms with E-state index in [4.69, 9.17) is 9.51 Å². The van der Waals surface area contributed by atoms with Crippen LogP contribution in [0, 0.1) is 22.2 Å². The molecule has 0 spiro atoms. The van der Waals surface area contributed by atoms with Crippen molar-refractivity contribution < 1.29 is 13.7 Å². The summed E-state index contributed by atoms with van der Waals surface area (Å²) < 4.78 is 21.8. The van der Waals surface area contributed by atoms with Gasteiger partial charge < -0.3 is 9.42 Å². The normalized spacial score (nSPS) is 31.7. The van der Waals surface area contributed by atoms with E-state index in [0.29, 0.717) is 55.2 Å². The molecule has 0 atom stereocenters. The predicted molar refractivity (Wildman–Crippen MR) is 158 cm³/mol. The van der Waals surface area contributed by atoms with Crippen molar-refractivity contribution in [1.82, 2.24) is 24.7 Å². The Labute approximate surface area is 254 Å². The fourth-order valence-corrected chi connectivity index (χ4v) is 8.84. The summed E-state index contributed by atoms with van der Waals surface area (Å²) in [5.41, 5.74) is 2.14. The van der Waals surface area contributed by atoms with Crippen molar-refractivity contribution in [2.45, 2.75) is 94.1 Å². The number of nitrogens with zero attached hydrogens (tertiary/aromatic N) is 7. The Balaban J connectivity index is 1.01. The maximum Gasteiger partial charge on any atom is 0.232 e. The van der Waals surface area contributed by atoms with E-state index in [1.807, 2.05) is 41.3 Å². The number of halogens is 1. The van der Waals surface area contributed by atoms with Gasteiger partial charge in [-0.05, 0) is 106 Å². The van der Waals surface area contributed by atoms with Gasteiger partial charge in [-0.25, -0.2) is 13.9 Å². The summed E-state index contributed by atoms with van der Waals surface area (Å²) in [4.78, 5) is 25.3. The fourth-order valence-electron chi connectivity index (χ4n) is 8.84. The van der Waals surface area contributed by atoms with Crippen molar-refractivity contribution in [2.24, 2.45) is 10.8 Å². The van der Waals surface area contributed by atoms with Gasteiger partial charge in [-0.1, -0.05) is 17.3 Å². The van der Waals surface area contributed by atoms with E-state index in [1.54, 1.807) is 4.52 Å². The molecule has 0 aliphatic heterocycles. The summed E-state index contributed by atoms with van der Waals surface area (Å²) in [5, 5.41) is 18.5. The average molecular weight is 592 g/mol. The third-order valence-electron chi connectivity index (χ3n) is 11.6. The van der Waals surface area contributed by atoms with Gasteiger partial charge in [0.2, 0.25) is 11.8 Å². The number of hydrogen-bond donors (Lipinski definition) is 0. The van der Waals surface area contributed by atoms with E-state index in [9.17, 15) is 14.4 Å². The smallest absolute Gasteiger partial charge is 0.232 e. The van der Waals surface area contributed by atoms with Crippen molar-refractivity contribution in [3.8, 4) is 17.3 Å². The van der Waals surface area contributed by atoms with E-state index in [-0.39, 0.29) is 22.2 Å². The predicted octanol–water partition coefficient (Wildman–Crippen LogP) is 6.44. The molecule has 7 fully saturated rings. The number of carbonyl (C=O) groups excluding carboxylic acids is 1. The Morgan fingerprint density at radius 3 is 2.55 bits per heavy atom. The van der Waals surface area contributed by atoms with Crippen LogP contribution in [-0.4, -0.2) is 42.9 Å². The van der Waals surface area contributed by atoms with Gasteiger partial charge in [-0.2, -0.15) is 15.3 Å². The van der Waals surface area contributed by atoms with Crippen LogP contribution in [0.1, 0.15) is 100 Å². The van der Waals surface area contributed by atoms with Crippen molar-refractivity contribution in [3.05, 3.63) is 60.0 Å². The quantitative estimate of drug-likeness (QED) is 0.232. The van der Waals surface area contributed by atoms with Crippen molar-refractivity contribution in [2.75, 3.05) is 11.4 Å². The lowest BCUT2D eigenvalue weighted by Crippen LogP contribution is -2.65. The SMILES string of the molecule is N#Cc1cnc2ccc(-c3cccc(N(CC45CCC(c6nc(C7CC7)no6)(CC4)CC5)C(=O)CC45CC(F)(C4)C5)c3)nn12. The monoisotopic (exact) mass is 591 g/mol. The molecule has 1 aromatic carbocycles. The third kappa shape index (κ3) is 4.04. The van der Waals surface area contributed by atoms with Gasteiger partial charge >= 0.3 is 0 Å². The molecule has 7 aliphatic rings. The molecule has 1 amide bonds.